The van der Waals surface area contributed by atoms with Crippen LogP contribution in [0.4, 0.5) is 4.79 Å². The molecule has 1 aromatic carbocycles. The van der Waals surface area contributed by atoms with Crippen molar-refractivity contribution >= 4 is 6.03 Å². The number of benzene rings is 1. The van der Waals surface area contributed by atoms with Crippen molar-refractivity contribution in [2.45, 2.75) is 25.9 Å². The molecule has 1 heterocycles. The van der Waals surface area contributed by atoms with Crippen LogP contribution in [0.15, 0.2) is 43.0 Å². The van der Waals surface area contributed by atoms with Gasteiger partial charge in [0.25, 0.3) is 0 Å². The number of carbonyl (C=O) groups is 1. The Morgan fingerprint density at radius 1 is 1.42 bits per heavy atom. The summed E-state index contributed by atoms with van der Waals surface area (Å²) in [4.78, 5) is 15.8. The summed E-state index contributed by atoms with van der Waals surface area (Å²) in [7, 11) is 0. The average molecular weight is 326 g/mol. The highest BCUT2D eigenvalue weighted by Gasteiger charge is 2.07. The molecule has 0 bridgehead atoms. The predicted octanol–water partition coefficient (Wildman–Crippen LogP) is 1.83. The maximum Gasteiger partial charge on any atom is 0.315 e. The molecule has 0 radical (unpaired) electrons. The Morgan fingerprint density at radius 3 is 2.88 bits per heavy atom. The first-order chi connectivity index (χ1) is 11.7. The molecule has 1 aromatic heterocycles. The molecule has 0 saturated heterocycles. The number of nitrogens with one attached hydrogen (secondary N) is 2. The zero-order valence-corrected chi connectivity index (χ0v) is 13.7. The monoisotopic (exact) mass is 326 g/mol. The van der Waals surface area contributed by atoms with E-state index in [0.29, 0.717) is 13.1 Å². The summed E-state index contributed by atoms with van der Waals surface area (Å²) in [6.07, 6.45) is 11.2. The van der Waals surface area contributed by atoms with Gasteiger partial charge in [-0.05, 0) is 31.0 Å². The number of nitrogens with zero attached hydrogens (tertiary/aromatic N) is 2. The molecule has 2 N–H and O–H groups in total. The van der Waals surface area contributed by atoms with Crippen molar-refractivity contribution in [2.24, 2.45) is 0 Å². The van der Waals surface area contributed by atoms with Crippen LogP contribution in [0.2, 0.25) is 0 Å². The van der Waals surface area contributed by atoms with E-state index < -0.39 is 0 Å². The minimum Gasteiger partial charge on any atom is -0.481 e. The van der Waals surface area contributed by atoms with Gasteiger partial charge >= 0.3 is 6.03 Å². The van der Waals surface area contributed by atoms with Gasteiger partial charge in [0.15, 0.2) is 0 Å². The summed E-state index contributed by atoms with van der Waals surface area (Å²) >= 11 is 0. The molecule has 0 aliphatic carbocycles. The van der Waals surface area contributed by atoms with Gasteiger partial charge in [-0.25, -0.2) is 9.78 Å². The minimum atomic E-state index is -0.170. The molecule has 0 spiro atoms. The Kier molecular flexibility index (Phi) is 6.72. The van der Waals surface area contributed by atoms with Crippen LogP contribution in [0, 0.1) is 12.3 Å². The topological polar surface area (TPSA) is 68.2 Å². The summed E-state index contributed by atoms with van der Waals surface area (Å²) in [6.45, 7) is 3.47. The number of imidazole rings is 1. The molecule has 1 atom stereocenters. The minimum absolute atomic E-state index is 0.0202. The number of ether oxygens (including phenoxy) is 1. The number of terminal acetylenes is 1. The fourth-order valence-corrected chi connectivity index (χ4v) is 2.23. The number of rotatable bonds is 8. The van der Waals surface area contributed by atoms with Crippen LogP contribution in [0.1, 0.15) is 12.5 Å². The summed E-state index contributed by atoms with van der Waals surface area (Å²) in [5.41, 5.74) is 1.12. The Hall–Kier alpha value is -2.94. The molecule has 0 fully saturated rings. The van der Waals surface area contributed by atoms with Crippen molar-refractivity contribution < 1.29 is 9.53 Å². The Morgan fingerprint density at radius 2 is 2.21 bits per heavy atom. The van der Waals surface area contributed by atoms with Gasteiger partial charge in [-0.3, -0.25) is 0 Å². The van der Waals surface area contributed by atoms with Gasteiger partial charge in [-0.1, -0.05) is 18.1 Å². The zero-order chi connectivity index (χ0) is 17.2. The van der Waals surface area contributed by atoms with E-state index in [-0.39, 0.29) is 18.7 Å². The second-order valence-corrected chi connectivity index (χ2v) is 5.45. The van der Waals surface area contributed by atoms with Crippen molar-refractivity contribution in [3.8, 4) is 18.1 Å². The summed E-state index contributed by atoms with van der Waals surface area (Å²) in [6, 6.07) is 7.53. The highest BCUT2D eigenvalue weighted by molar-refractivity contribution is 5.74. The van der Waals surface area contributed by atoms with Gasteiger partial charge in [0.2, 0.25) is 0 Å². The van der Waals surface area contributed by atoms with Crippen molar-refractivity contribution in [3.63, 3.8) is 0 Å². The van der Waals surface area contributed by atoms with Crippen LogP contribution in [0.5, 0.6) is 5.75 Å². The van der Waals surface area contributed by atoms with E-state index in [0.717, 1.165) is 17.7 Å². The highest BCUT2D eigenvalue weighted by Crippen LogP contribution is 2.12. The van der Waals surface area contributed by atoms with Crippen molar-refractivity contribution in [1.82, 2.24) is 20.2 Å². The number of aromatic nitrogens is 2. The third-order valence-corrected chi connectivity index (χ3v) is 3.37. The smallest absolute Gasteiger partial charge is 0.315 e. The number of amides is 2. The second-order valence-electron chi connectivity index (χ2n) is 5.45. The van der Waals surface area contributed by atoms with Gasteiger partial charge in [0.1, 0.15) is 12.4 Å². The zero-order valence-electron chi connectivity index (χ0n) is 13.7. The summed E-state index contributed by atoms with van der Waals surface area (Å²) in [5, 5.41) is 5.76. The molecule has 24 heavy (non-hydrogen) atoms. The number of carbonyl (C=O) groups excluding carboxylic acids is 1. The van der Waals surface area contributed by atoms with Crippen LogP contribution < -0.4 is 15.4 Å². The first kappa shape index (κ1) is 17.4. The SMILES string of the molecule is C#CCOc1ccc(CCNC(=O)NC(C)Cn2ccnc2)cc1. The molecular weight excluding hydrogens is 304 g/mol. The average Bonchev–Trinajstić information content (AvgIpc) is 3.06. The van der Waals surface area contributed by atoms with Gasteiger partial charge in [-0.15, -0.1) is 6.42 Å². The number of urea groups is 1. The molecule has 2 aromatic rings. The van der Waals surface area contributed by atoms with Crippen LogP contribution in [-0.2, 0) is 13.0 Å². The lowest BCUT2D eigenvalue weighted by Gasteiger charge is -2.15. The standard InChI is InChI=1S/C18H22N4O2/c1-3-12-24-17-6-4-16(5-7-17)8-9-20-18(23)21-15(2)13-22-11-10-19-14-22/h1,4-7,10-11,14-15H,8-9,12-13H2,2H3,(H2,20,21,23). The fraction of sp³-hybridized carbons (Fsp3) is 0.333. The molecule has 6 heteroatoms. The Balaban J connectivity index is 1.65. The van der Waals surface area contributed by atoms with Crippen LogP contribution in [-0.4, -0.2) is 34.8 Å². The normalized spacial score (nSPS) is 11.3. The second kappa shape index (κ2) is 9.26. The van der Waals surface area contributed by atoms with E-state index in [4.69, 9.17) is 11.2 Å². The lowest BCUT2D eigenvalue weighted by molar-refractivity contribution is 0.236. The molecule has 2 amide bonds. The number of hydrogen-bond acceptors (Lipinski definition) is 3. The fourth-order valence-electron chi connectivity index (χ4n) is 2.23. The molecule has 0 aliphatic heterocycles. The van der Waals surface area contributed by atoms with Crippen LogP contribution in [0.3, 0.4) is 0 Å². The maximum absolute atomic E-state index is 11.9. The molecule has 1 unspecified atom stereocenters. The first-order valence-electron chi connectivity index (χ1n) is 7.82. The van der Waals surface area contributed by atoms with Crippen molar-refractivity contribution in [1.29, 1.82) is 0 Å². The van der Waals surface area contributed by atoms with Gasteiger partial charge < -0.3 is 19.9 Å². The van der Waals surface area contributed by atoms with E-state index in [9.17, 15) is 4.79 Å². The molecule has 6 nitrogen and oxygen atoms in total. The first-order valence-corrected chi connectivity index (χ1v) is 7.82. The summed E-state index contributed by atoms with van der Waals surface area (Å²) in [5.74, 6) is 3.17. The van der Waals surface area contributed by atoms with Crippen LogP contribution >= 0.6 is 0 Å². The van der Waals surface area contributed by atoms with Gasteiger partial charge in [-0.2, -0.15) is 0 Å². The molecule has 0 aliphatic rings. The van der Waals surface area contributed by atoms with E-state index >= 15 is 0 Å². The number of hydrogen-bond donors (Lipinski definition) is 2. The molecule has 126 valence electrons. The molecule has 0 saturated carbocycles. The third-order valence-electron chi connectivity index (χ3n) is 3.37. The van der Waals surface area contributed by atoms with E-state index in [1.165, 1.54) is 0 Å². The lowest BCUT2D eigenvalue weighted by Crippen LogP contribution is -2.43. The lowest BCUT2D eigenvalue weighted by atomic mass is 10.1. The molecular formula is C18H22N4O2. The van der Waals surface area contributed by atoms with E-state index in [1.54, 1.807) is 12.5 Å². The Labute approximate surface area is 142 Å². The largest absolute Gasteiger partial charge is 0.481 e. The van der Waals surface area contributed by atoms with Gasteiger partial charge in [0, 0.05) is 31.5 Å². The summed E-state index contributed by atoms with van der Waals surface area (Å²) < 4.78 is 7.24. The van der Waals surface area contributed by atoms with E-state index in [2.05, 4.69) is 21.5 Å². The Bertz CT molecular complexity index is 659. The highest BCUT2D eigenvalue weighted by atomic mass is 16.5. The van der Waals surface area contributed by atoms with Gasteiger partial charge in [0.05, 0.1) is 6.33 Å². The van der Waals surface area contributed by atoms with Crippen molar-refractivity contribution in [3.05, 3.63) is 48.5 Å². The third kappa shape index (κ3) is 6.05. The van der Waals surface area contributed by atoms with Crippen molar-refractivity contribution in [2.75, 3.05) is 13.2 Å². The quantitative estimate of drug-likeness (QED) is 0.727. The predicted molar refractivity (Wildman–Crippen MR) is 92.7 cm³/mol. The van der Waals surface area contributed by atoms with E-state index in [1.807, 2.05) is 42.0 Å². The van der Waals surface area contributed by atoms with Crippen LogP contribution in [0.25, 0.3) is 0 Å². The molecule has 2 rings (SSSR count). The maximum atomic E-state index is 11.9.